The van der Waals surface area contributed by atoms with Crippen LogP contribution in [-0.4, -0.2) is 13.2 Å². The fourth-order valence-corrected chi connectivity index (χ4v) is 2.45. The van der Waals surface area contributed by atoms with E-state index in [2.05, 4.69) is 36.1 Å². The molecule has 1 aliphatic rings. The summed E-state index contributed by atoms with van der Waals surface area (Å²) < 4.78 is 5.52. The Morgan fingerprint density at radius 3 is 2.42 bits per heavy atom. The minimum Gasteiger partial charge on any atom is -0.495 e. The SMILES string of the molecule is [CH2]c1cccc(OC)c1N(c1ccccc1)C1CC1. The molecule has 2 aromatic carbocycles. The van der Waals surface area contributed by atoms with Crippen molar-refractivity contribution in [2.75, 3.05) is 12.0 Å². The summed E-state index contributed by atoms with van der Waals surface area (Å²) in [7, 11) is 1.72. The summed E-state index contributed by atoms with van der Waals surface area (Å²) in [6.07, 6.45) is 2.46. The number of benzene rings is 2. The molecular weight excluding hydrogens is 234 g/mol. The Labute approximate surface area is 114 Å². The molecule has 0 saturated heterocycles. The number of nitrogens with zero attached hydrogens (tertiary/aromatic N) is 1. The number of para-hydroxylation sites is 2. The van der Waals surface area contributed by atoms with Crippen molar-refractivity contribution in [1.82, 2.24) is 0 Å². The first-order valence-corrected chi connectivity index (χ1v) is 6.64. The molecular formula is C17H18NO. The van der Waals surface area contributed by atoms with Gasteiger partial charge in [-0.05, 0) is 43.5 Å². The maximum atomic E-state index is 5.52. The number of hydrogen-bond acceptors (Lipinski definition) is 2. The molecule has 1 fully saturated rings. The lowest BCUT2D eigenvalue weighted by Crippen LogP contribution is -2.21. The quantitative estimate of drug-likeness (QED) is 0.809. The molecule has 1 radical (unpaired) electrons. The van der Waals surface area contributed by atoms with Crippen LogP contribution in [0, 0.1) is 6.92 Å². The van der Waals surface area contributed by atoms with E-state index in [4.69, 9.17) is 4.74 Å². The van der Waals surface area contributed by atoms with Gasteiger partial charge >= 0.3 is 0 Å². The lowest BCUT2D eigenvalue weighted by molar-refractivity contribution is 0.415. The summed E-state index contributed by atoms with van der Waals surface area (Å²) in [6.45, 7) is 4.16. The molecule has 0 atom stereocenters. The highest BCUT2D eigenvalue weighted by molar-refractivity contribution is 5.74. The fraction of sp³-hybridized carbons (Fsp3) is 0.235. The van der Waals surface area contributed by atoms with Crippen molar-refractivity contribution in [3.8, 4) is 5.75 Å². The molecule has 0 N–H and O–H groups in total. The summed E-state index contributed by atoms with van der Waals surface area (Å²) in [6, 6.07) is 17.1. The maximum Gasteiger partial charge on any atom is 0.142 e. The van der Waals surface area contributed by atoms with E-state index in [1.54, 1.807) is 7.11 Å². The summed E-state index contributed by atoms with van der Waals surface area (Å²) in [5.74, 6) is 0.892. The fourth-order valence-electron chi connectivity index (χ4n) is 2.45. The van der Waals surface area contributed by atoms with Crippen LogP contribution in [0.25, 0.3) is 0 Å². The molecule has 0 amide bonds. The predicted molar refractivity (Wildman–Crippen MR) is 79.1 cm³/mol. The standard InChI is InChI=1S/C17H18NO/c1-13-7-6-10-16(19-2)17(13)18(15-11-12-15)14-8-4-3-5-9-14/h3-10,15H,1,11-12H2,2H3. The lowest BCUT2D eigenvalue weighted by atomic mass is 10.1. The van der Waals surface area contributed by atoms with E-state index in [1.165, 1.54) is 18.5 Å². The summed E-state index contributed by atoms with van der Waals surface area (Å²) in [4.78, 5) is 2.36. The normalized spacial score (nSPS) is 14.2. The van der Waals surface area contributed by atoms with Gasteiger partial charge in [-0.3, -0.25) is 0 Å². The summed E-state index contributed by atoms with van der Waals surface area (Å²) >= 11 is 0. The van der Waals surface area contributed by atoms with E-state index < -0.39 is 0 Å². The van der Waals surface area contributed by atoms with Crippen molar-refractivity contribution in [2.24, 2.45) is 0 Å². The third-order valence-electron chi connectivity index (χ3n) is 3.49. The predicted octanol–water partition coefficient (Wildman–Crippen LogP) is 4.18. The molecule has 0 unspecified atom stereocenters. The zero-order chi connectivity index (χ0) is 13.2. The van der Waals surface area contributed by atoms with Gasteiger partial charge in [-0.15, -0.1) is 0 Å². The Morgan fingerprint density at radius 1 is 1.05 bits per heavy atom. The van der Waals surface area contributed by atoms with Crippen molar-refractivity contribution in [3.63, 3.8) is 0 Å². The van der Waals surface area contributed by atoms with Gasteiger partial charge < -0.3 is 9.64 Å². The molecule has 2 aromatic rings. The van der Waals surface area contributed by atoms with Crippen LogP contribution >= 0.6 is 0 Å². The van der Waals surface area contributed by atoms with Crippen molar-refractivity contribution < 1.29 is 4.74 Å². The van der Waals surface area contributed by atoms with Gasteiger partial charge in [0.2, 0.25) is 0 Å². The molecule has 0 aliphatic heterocycles. The first-order valence-electron chi connectivity index (χ1n) is 6.64. The third kappa shape index (κ3) is 2.30. The third-order valence-corrected chi connectivity index (χ3v) is 3.49. The molecule has 1 aliphatic carbocycles. The van der Waals surface area contributed by atoms with E-state index >= 15 is 0 Å². The Balaban J connectivity index is 2.11. The Kier molecular flexibility index (Phi) is 3.16. The minimum atomic E-state index is 0.569. The van der Waals surface area contributed by atoms with Gasteiger partial charge in [-0.2, -0.15) is 0 Å². The van der Waals surface area contributed by atoms with Gasteiger partial charge in [-0.25, -0.2) is 0 Å². The van der Waals surface area contributed by atoms with Crippen molar-refractivity contribution in [3.05, 3.63) is 61.0 Å². The molecule has 97 valence electrons. The number of hydrogen-bond donors (Lipinski definition) is 0. The van der Waals surface area contributed by atoms with Crippen LogP contribution in [0.4, 0.5) is 11.4 Å². The molecule has 0 aromatic heterocycles. The van der Waals surface area contributed by atoms with Crippen molar-refractivity contribution in [1.29, 1.82) is 0 Å². The zero-order valence-electron chi connectivity index (χ0n) is 11.2. The molecule has 0 heterocycles. The van der Waals surface area contributed by atoms with E-state index in [-0.39, 0.29) is 0 Å². The molecule has 0 spiro atoms. The van der Waals surface area contributed by atoms with Gasteiger partial charge in [-0.1, -0.05) is 30.3 Å². The first kappa shape index (κ1) is 12.1. The molecule has 0 bridgehead atoms. The highest BCUT2D eigenvalue weighted by atomic mass is 16.5. The highest BCUT2D eigenvalue weighted by Crippen LogP contribution is 2.43. The minimum absolute atomic E-state index is 0.569. The molecule has 1 saturated carbocycles. The first-order chi connectivity index (χ1) is 9.31. The number of rotatable bonds is 4. The Morgan fingerprint density at radius 2 is 1.79 bits per heavy atom. The topological polar surface area (TPSA) is 12.5 Å². The maximum absolute atomic E-state index is 5.52. The molecule has 19 heavy (non-hydrogen) atoms. The Bertz CT molecular complexity index is 561. The largest absolute Gasteiger partial charge is 0.495 e. The second kappa shape index (κ2) is 4.96. The lowest BCUT2D eigenvalue weighted by Gasteiger charge is -2.28. The van der Waals surface area contributed by atoms with Gasteiger partial charge in [0.15, 0.2) is 0 Å². The van der Waals surface area contributed by atoms with Crippen LogP contribution in [-0.2, 0) is 0 Å². The van der Waals surface area contributed by atoms with Crippen LogP contribution in [0.5, 0.6) is 5.75 Å². The van der Waals surface area contributed by atoms with Crippen LogP contribution < -0.4 is 9.64 Å². The number of ether oxygens (including phenoxy) is 1. The number of anilines is 2. The molecule has 2 nitrogen and oxygen atoms in total. The molecule has 3 rings (SSSR count). The van der Waals surface area contributed by atoms with E-state index in [1.807, 2.05) is 24.3 Å². The molecule has 2 heteroatoms. The van der Waals surface area contributed by atoms with E-state index in [9.17, 15) is 0 Å². The monoisotopic (exact) mass is 252 g/mol. The average Bonchev–Trinajstić information content (AvgIpc) is 3.27. The smallest absolute Gasteiger partial charge is 0.142 e. The van der Waals surface area contributed by atoms with Gasteiger partial charge in [0, 0.05) is 11.7 Å². The van der Waals surface area contributed by atoms with Crippen LogP contribution in [0.2, 0.25) is 0 Å². The Hall–Kier alpha value is -1.96. The second-order valence-electron chi connectivity index (χ2n) is 4.90. The van der Waals surface area contributed by atoms with E-state index in [0.717, 1.165) is 17.0 Å². The van der Waals surface area contributed by atoms with Crippen LogP contribution in [0.3, 0.4) is 0 Å². The van der Waals surface area contributed by atoms with Crippen LogP contribution in [0.15, 0.2) is 48.5 Å². The van der Waals surface area contributed by atoms with Crippen molar-refractivity contribution in [2.45, 2.75) is 18.9 Å². The summed E-state index contributed by atoms with van der Waals surface area (Å²) in [5.41, 5.74) is 3.31. The van der Waals surface area contributed by atoms with Gasteiger partial charge in [0.25, 0.3) is 0 Å². The highest BCUT2D eigenvalue weighted by Gasteiger charge is 2.32. The average molecular weight is 252 g/mol. The van der Waals surface area contributed by atoms with Crippen molar-refractivity contribution >= 4 is 11.4 Å². The summed E-state index contributed by atoms with van der Waals surface area (Å²) in [5, 5.41) is 0. The number of methoxy groups -OCH3 is 1. The van der Waals surface area contributed by atoms with Crippen LogP contribution in [0.1, 0.15) is 18.4 Å². The van der Waals surface area contributed by atoms with Gasteiger partial charge in [0.1, 0.15) is 5.75 Å². The van der Waals surface area contributed by atoms with Gasteiger partial charge in [0.05, 0.1) is 12.8 Å². The van der Waals surface area contributed by atoms with E-state index in [0.29, 0.717) is 6.04 Å². The zero-order valence-corrected chi connectivity index (χ0v) is 11.2. The second-order valence-corrected chi connectivity index (χ2v) is 4.90.